The maximum absolute atomic E-state index is 13.3. The van der Waals surface area contributed by atoms with Gasteiger partial charge in [-0.1, -0.05) is 0 Å². The van der Waals surface area contributed by atoms with Crippen LogP contribution in [0, 0.1) is 0 Å². The molecule has 212 valence electrons. The highest BCUT2D eigenvalue weighted by Crippen LogP contribution is 2.36. The van der Waals surface area contributed by atoms with E-state index in [0.717, 1.165) is 0 Å². The van der Waals surface area contributed by atoms with Crippen LogP contribution < -0.4 is 24.8 Å². The van der Waals surface area contributed by atoms with Crippen LogP contribution >= 0.6 is 0 Å². The molecule has 5 rings (SSSR count). The molecule has 3 aromatic heterocycles. The number of carbonyl (C=O) groups excluding carboxylic acids is 1. The number of ether oxygens (including phenoxy) is 4. The van der Waals surface area contributed by atoms with Crippen LogP contribution in [0.2, 0.25) is 0 Å². The number of halogens is 3. The SMILES string of the molecule is COc1ncc(-c2cnc(OC(=O)N[C@H]3CC[C@H](Nc4ncc(C(F)(F)F)c(OC5COC5)n4)CC3)cn2)cn1. The topological polar surface area (TPSA) is 155 Å². The van der Waals surface area contributed by atoms with E-state index in [1.165, 1.54) is 31.9 Å². The summed E-state index contributed by atoms with van der Waals surface area (Å²) < 4.78 is 60.5. The summed E-state index contributed by atoms with van der Waals surface area (Å²) in [5.74, 6) is -0.455. The van der Waals surface area contributed by atoms with Crippen LogP contribution in [0.15, 0.2) is 31.0 Å². The Morgan fingerprint density at radius 1 is 0.950 bits per heavy atom. The Hall–Kier alpha value is -4.34. The second-order valence-corrected chi connectivity index (χ2v) is 9.11. The Bertz CT molecular complexity index is 1300. The number of carbonyl (C=O) groups is 1. The molecule has 16 heteroatoms. The van der Waals surface area contributed by atoms with Gasteiger partial charge in [0.1, 0.15) is 11.7 Å². The number of methoxy groups -OCH3 is 1. The first-order chi connectivity index (χ1) is 19.3. The van der Waals surface area contributed by atoms with Gasteiger partial charge in [-0.05, 0) is 25.7 Å². The van der Waals surface area contributed by atoms with Gasteiger partial charge in [0.05, 0.1) is 38.4 Å². The lowest BCUT2D eigenvalue weighted by Gasteiger charge is -2.30. The van der Waals surface area contributed by atoms with Crippen LogP contribution in [-0.4, -0.2) is 74.5 Å². The van der Waals surface area contributed by atoms with Gasteiger partial charge in [-0.25, -0.2) is 29.7 Å². The number of amides is 1. The average Bonchev–Trinajstić information content (AvgIpc) is 2.92. The molecule has 2 fully saturated rings. The average molecular weight is 563 g/mol. The molecular formula is C24H25F3N8O5. The highest BCUT2D eigenvalue weighted by atomic mass is 19.4. The number of nitrogens with zero attached hydrogens (tertiary/aromatic N) is 6. The summed E-state index contributed by atoms with van der Waals surface area (Å²) in [6.45, 7) is 0.418. The minimum Gasteiger partial charge on any atom is -0.469 e. The second-order valence-electron chi connectivity index (χ2n) is 9.11. The standard InChI is InChI=1S/C24H25F3N8O5/c1-37-22-31-6-13(7-32-22)18-9-29-19(10-28-18)40-23(36)34-15-4-2-14(3-5-15)33-21-30-8-17(24(25,26)27)20(35-21)39-16-11-38-12-16/h6-10,14-16H,2-5,11-12H2,1H3,(H,34,36)(H,30,33,35)/t14-,15-. The molecule has 0 atom stereocenters. The number of anilines is 1. The fourth-order valence-corrected chi connectivity index (χ4v) is 4.09. The lowest BCUT2D eigenvalue weighted by atomic mass is 9.91. The molecule has 40 heavy (non-hydrogen) atoms. The van der Waals surface area contributed by atoms with E-state index in [-0.39, 0.29) is 43.1 Å². The minimum absolute atomic E-state index is 0.0250. The van der Waals surface area contributed by atoms with E-state index in [0.29, 0.717) is 43.1 Å². The molecule has 1 amide bonds. The van der Waals surface area contributed by atoms with Crippen molar-refractivity contribution in [1.29, 1.82) is 0 Å². The monoisotopic (exact) mass is 562 g/mol. The van der Waals surface area contributed by atoms with Gasteiger partial charge >= 0.3 is 18.3 Å². The Labute approximate surface area is 225 Å². The van der Waals surface area contributed by atoms with Crippen molar-refractivity contribution >= 4 is 12.0 Å². The van der Waals surface area contributed by atoms with E-state index in [4.69, 9.17) is 18.9 Å². The van der Waals surface area contributed by atoms with E-state index < -0.39 is 29.8 Å². The van der Waals surface area contributed by atoms with Crippen LogP contribution in [0.25, 0.3) is 11.3 Å². The van der Waals surface area contributed by atoms with Gasteiger partial charge < -0.3 is 29.6 Å². The van der Waals surface area contributed by atoms with Crippen molar-refractivity contribution in [3.63, 3.8) is 0 Å². The van der Waals surface area contributed by atoms with E-state index in [9.17, 15) is 18.0 Å². The van der Waals surface area contributed by atoms with Gasteiger partial charge in [0.15, 0.2) is 0 Å². The molecule has 0 spiro atoms. The van der Waals surface area contributed by atoms with Gasteiger partial charge in [-0.15, -0.1) is 0 Å². The van der Waals surface area contributed by atoms with Crippen molar-refractivity contribution in [1.82, 2.24) is 35.2 Å². The largest absolute Gasteiger partial charge is 0.469 e. The lowest BCUT2D eigenvalue weighted by Crippen LogP contribution is -2.41. The summed E-state index contributed by atoms with van der Waals surface area (Å²) in [6.07, 6.45) is 3.23. The Kier molecular flexibility index (Phi) is 8.04. The van der Waals surface area contributed by atoms with Crippen molar-refractivity contribution in [2.75, 3.05) is 25.6 Å². The van der Waals surface area contributed by atoms with Crippen molar-refractivity contribution in [2.45, 2.75) is 50.0 Å². The number of nitrogens with one attached hydrogen (secondary N) is 2. The maximum Gasteiger partial charge on any atom is 0.423 e. The lowest BCUT2D eigenvalue weighted by molar-refractivity contribution is -0.142. The van der Waals surface area contributed by atoms with Crippen molar-refractivity contribution in [3.8, 4) is 29.0 Å². The normalized spacial score (nSPS) is 19.3. The fraction of sp³-hybridized carbons (Fsp3) is 0.458. The van der Waals surface area contributed by atoms with Gasteiger partial charge in [-0.3, -0.25) is 0 Å². The smallest absolute Gasteiger partial charge is 0.423 e. The third kappa shape index (κ3) is 6.80. The Morgan fingerprint density at radius 3 is 2.27 bits per heavy atom. The van der Waals surface area contributed by atoms with Crippen LogP contribution in [0.3, 0.4) is 0 Å². The van der Waals surface area contributed by atoms with E-state index in [2.05, 4.69) is 40.5 Å². The highest BCUT2D eigenvalue weighted by molar-refractivity contribution is 5.70. The summed E-state index contributed by atoms with van der Waals surface area (Å²) in [4.78, 5) is 36.5. The number of aromatic nitrogens is 6. The third-order valence-electron chi connectivity index (χ3n) is 6.26. The number of alkyl halides is 3. The van der Waals surface area contributed by atoms with E-state index in [1.807, 2.05) is 0 Å². The van der Waals surface area contributed by atoms with Gasteiger partial charge in [0.2, 0.25) is 17.7 Å². The minimum atomic E-state index is -4.64. The van der Waals surface area contributed by atoms with Gasteiger partial charge in [-0.2, -0.15) is 18.2 Å². The summed E-state index contributed by atoms with van der Waals surface area (Å²) >= 11 is 0. The second kappa shape index (κ2) is 11.8. The van der Waals surface area contributed by atoms with Crippen LogP contribution in [-0.2, 0) is 10.9 Å². The molecule has 3 aromatic rings. The first kappa shape index (κ1) is 27.2. The molecule has 0 radical (unpaired) electrons. The molecule has 0 aromatic carbocycles. The van der Waals surface area contributed by atoms with E-state index in [1.54, 1.807) is 0 Å². The quantitative estimate of drug-likeness (QED) is 0.414. The molecular weight excluding hydrogens is 537 g/mol. The number of hydrogen-bond donors (Lipinski definition) is 2. The molecule has 2 aliphatic rings. The molecule has 2 N–H and O–H groups in total. The summed E-state index contributed by atoms with van der Waals surface area (Å²) in [5, 5.41) is 5.87. The maximum atomic E-state index is 13.3. The van der Waals surface area contributed by atoms with Crippen molar-refractivity contribution in [3.05, 3.63) is 36.5 Å². The van der Waals surface area contributed by atoms with Crippen LogP contribution in [0.4, 0.5) is 23.9 Å². The Morgan fingerprint density at radius 2 is 1.68 bits per heavy atom. The zero-order valence-electron chi connectivity index (χ0n) is 21.2. The first-order valence-corrected chi connectivity index (χ1v) is 12.4. The summed E-state index contributed by atoms with van der Waals surface area (Å²) in [6, 6.07) is -0.0174. The number of rotatable bonds is 8. The van der Waals surface area contributed by atoms with Gasteiger partial charge in [0, 0.05) is 36.2 Å². The number of hydrogen-bond acceptors (Lipinski definition) is 12. The third-order valence-corrected chi connectivity index (χ3v) is 6.26. The van der Waals surface area contributed by atoms with Crippen LogP contribution in [0.5, 0.6) is 17.8 Å². The molecule has 1 aliphatic heterocycles. The van der Waals surface area contributed by atoms with E-state index >= 15 is 0 Å². The molecule has 0 bridgehead atoms. The first-order valence-electron chi connectivity index (χ1n) is 12.4. The highest BCUT2D eigenvalue weighted by Gasteiger charge is 2.38. The zero-order chi connectivity index (χ0) is 28.1. The molecule has 1 saturated carbocycles. The fourth-order valence-electron chi connectivity index (χ4n) is 4.09. The van der Waals surface area contributed by atoms with Crippen LogP contribution in [0.1, 0.15) is 31.2 Å². The molecule has 1 saturated heterocycles. The summed E-state index contributed by atoms with van der Waals surface area (Å²) in [7, 11) is 1.46. The molecule has 0 unspecified atom stereocenters. The van der Waals surface area contributed by atoms with Gasteiger partial charge in [0.25, 0.3) is 0 Å². The molecule has 4 heterocycles. The summed E-state index contributed by atoms with van der Waals surface area (Å²) in [5.41, 5.74) is 0.0764. The zero-order valence-corrected chi connectivity index (χ0v) is 21.2. The van der Waals surface area contributed by atoms with Crippen molar-refractivity contribution < 1.29 is 36.9 Å². The van der Waals surface area contributed by atoms with Crippen molar-refractivity contribution in [2.24, 2.45) is 0 Å². The Balaban J connectivity index is 1.09. The predicted molar refractivity (Wildman–Crippen MR) is 131 cm³/mol. The molecule has 13 nitrogen and oxygen atoms in total. The predicted octanol–water partition coefficient (Wildman–Crippen LogP) is 3.04. The molecule has 1 aliphatic carbocycles.